The number of aromatic nitrogens is 1. The Morgan fingerprint density at radius 3 is 2.26 bits per heavy atom. The Balaban J connectivity index is 2.16. The summed E-state index contributed by atoms with van der Waals surface area (Å²) >= 11 is 0. The molecule has 3 rings (SSSR count). The van der Waals surface area contributed by atoms with Gasteiger partial charge < -0.3 is 15.3 Å². The van der Waals surface area contributed by atoms with Gasteiger partial charge in [0.1, 0.15) is 5.75 Å². The molecule has 98 valence electrons. The Hall–Kier alpha value is -2.36. The zero-order valence-corrected chi connectivity index (χ0v) is 10.6. The molecular weight excluding hydrogens is 242 g/mol. The van der Waals surface area contributed by atoms with Gasteiger partial charge in [0.05, 0.1) is 5.69 Å². The van der Waals surface area contributed by atoms with Gasteiger partial charge in [-0.2, -0.15) is 0 Å². The van der Waals surface area contributed by atoms with Crippen LogP contribution in [-0.4, -0.2) is 19.9 Å². The maximum absolute atomic E-state index is 10.3. The highest BCUT2D eigenvalue weighted by Gasteiger charge is 2.24. The van der Waals surface area contributed by atoms with Gasteiger partial charge in [0.15, 0.2) is 0 Å². The van der Waals surface area contributed by atoms with Crippen molar-refractivity contribution in [2.24, 2.45) is 0 Å². The van der Waals surface area contributed by atoms with Gasteiger partial charge in [0.2, 0.25) is 11.8 Å². The zero-order chi connectivity index (χ0) is 13.6. The van der Waals surface area contributed by atoms with Crippen molar-refractivity contribution in [3.8, 4) is 23.2 Å². The fourth-order valence-corrected chi connectivity index (χ4v) is 2.51. The fourth-order valence-electron chi connectivity index (χ4n) is 2.51. The molecular formula is C15H15NO3. The van der Waals surface area contributed by atoms with E-state index in [2.05, 4.69) is 6.08 Å². The van der Waals surface area contributed by atoms with E-state index in [0.29, 0.717) is 18.5 Å². The van der Waals surface area contributed by atoms with Gasteiger partial charge in [-0.15, -0.1) is 0 Å². The predicted molar refractivity (Wildman–Crippen MR) is 71.9 cm³/mol. The molecule has 1 heterocycles. The van der Waals surface area contributed by atoms with E-state index in [4.69, 9.17) is 0 Å². The Morgan fingerprint density at radius 1 is 0.947 bits per heavy atom. The maximum Gasteiger partial charge on any atom is 0.202 e. The topological polar surface area (TPSA) is 65.6 Å². The summed E-state index contributed by atoms with van der Waals surface area (Å²) in [6.45, 7) is 2.01. The number of nitrogens with zero attached hydrogens (tertiary/aromatic N) is 1. The first-order valence-corrected chi connectivity index (χ1v) is 6.17. The molecule has 0 bridgehead atoms. The highest BCUT2D eigenvalue weighted by atomic mass is 16.3. The molecule has 0 aliphatic heterocycles. The summed E-state index contributed by atoms with van der Waals surface area (Å²) in [7, 11) is 0. The van der Waals surface area contributed by atoms with Crippen LogP contribution in [0.15, 0.2) is 35.9 Å². The predicted octanol–water partition coefficient (Wildman–Crippen LogP) is 2.64. The molecule has 1 aliphatic rings. The SMILES string of the molecule is CC1=CCc2c(c(O)n(-c3ccc(O)cc3)c2O)C1. The van der Waals surface area contributed by atoms with Crippen LogP contribution in [0.1, 0.15) is 18.1 Å². The average Bonchev–Trinajstić information content (AvgIpc) is 2.63. The van der Waals surface area contributed by atoms with Gasteiger partial charge in [-0.1, -0.05) is 11.6 Å². The number of fused-ring (bicyclic) bond motifs is 1. The quantitative estimate of drug-likeness (QED) is 0.688. The lowest BCUT2D eigenvalue weighted by Gasteiger charge is -2.09. The van der Waals surface area contributed by atoms with Gasteiger partial charge in [-0.05, 0) is 44.0 Å². The van der Waals surface area contributed by atoms with Gasteiger partial charge >= 0.3 is 0 Å². The lowest BCUT2D eigenvalue weighted by molar-refractivity contribution is 0.399. The molecule has 0 fully saturated rings. The Kier molecular flexibility index (Phi) is 2.52. The molecule has 1 aromatic heterocycles. The summed E-state index contributed by atoms with van der Waals surface area (Å²) in [4.78, 5) is 0. The second-order valence-corrected chi connectivity index (χ2v) is 4.89. The summed E-state index contributed by atoms with van der Waals surface area (Å²) in [5.74, 6) is 0.296. The molecule has 3 N–H and O–H groups in total. The van der Waals surface area contributed by atoms with Crippen molar-refractivity contribution in [3.05, 3.63) is 47.0 Å². The van der Waals surface area contributed by atoms with Gasteiger partial charge in [0, 0.05) is 11.1 Å². The van der Waals surface area contributed by atoms with E-state index in [0.717, 1.165) is 11.1 Å². The van der Waals surface area contributed by atoms with Crippen LogP contribution in [0.4, 0.5) is 0 Å². The molecule has 0 spiro atoms. The molecule has 4 nitrogen and oxygen atoms in total. The van der Waals surface area contributed by atoms with Gasteiger partial charge in [-0.3, -0.25) is 4.57 Å². The van der Waals surface area contributed by atoms with Gasteiger partial charge in [-0.25, -0.2) is 0 Å². The van der Waals surface area contributed by atoms with E-state index in [-0.39, 0.29) is 17.5 Å². The smallest absolute Gasteiger partial charge is 0.202 e. The standard InChI is InChI=1S/C15H15NO3/c1-9-2-7-12-13(8-9)15(19)16(14(12)18)10-3-5-11(17)6-4-10/h2-6,17-19H,7-8H2,1H3. The first-order valence-electron chi connectivity index (χ1n) is 6.17. The monoisotopic (exact) mass is 257 g/mol. The molecule has 19 heavy (non-hydrogen) atoms. The van der Waals surface area contributed by atoms with Crippen molar-refractivity contribution in [2.45, 2.75) is 19.8 Å². The maximum atomic E-state index is 10.3. The van der Waals surface area contributed by atoms with E-state index in [9.17, 15) is 15.3 Å². The van der Waals surface area contributed by atoms with Crippen LogP contribution >= 0.6 is 0 Å². The van der Waals surface area contributed by atoms with E-state index in [1.165, 1.54) is 22.3 Å². The Labute approximate surface area is 110 Å². The zero-order valence-electron chi connectivity index (χ0n) is 10.6. The van der Waals surface area contributed by atoms with Crippen LogP contribution in [0.25, 0.3) is 5.69 Å². The Bertz CT molecular complexity index is 666. The fraction of sp³-hybridized carbons (Fsp3) is 0.200. The minimum Gasteiger partial charge on any atom is -0.508 e. The van der Waals surface area contributed by atoms with Crippen LogP contribution in [0.2, 0.25) is 0 Å². The van der Waals surface area contributed by atoms with Crippen molar-refractivity contribution >= 4 is 0 Å². The normalized spacial score (nSPS) is 14.1. The molecule has 0 saturated heterocycles. The Morgan fingerprint density at radius 2 is 1.58 bits per heavy atom. The van der Waals surface area contributed by atoms with Crippen LogP contribution in [-0.2, 0) is 12.8 Å². The number of hydrogen-bond acceptors (Lipinski definition) is 3. The average molecular weight is 257 g/mol. The minimum absolute atomic E-state index is 0.0712. The molecule has 0 saturated carbocycles. The molecule has 0 atom stereocenters. The summed E-state index contributed by atoms with van der Waals surface area (Å²) < 4.78 is 1.41. The third kappa shape index (κ3) is 1.76. The second kappa shape index (κ2) is 4.09. The molecule has 1 aliphatic carbocycles. The number of phenolic OH excluding ortho intramolecular Hbond substituents is 1. The largest absolute Gasteiger partial charge is 0.508 e. The molecule has 2 aromatic rings. The second-order valence-electron chi connectivity index (χ2n) is 4.89. The molecule has 0 radical (unpaired) electrons. The van der Waals surface area contributed by atoms with E-state index < -0.39 is 0 Å². The van der Waals surface area contributed by atoms with Crippen LogP contribution in [0, 0.1) is 0 Å². The van der Waals surface area contributed by atoms with Crippen LogP contribution in [0.5, 0.6) is 17.5 Å². The number of phenols is 1. The van der Waals surface area contributed by atoms with Crippen molar-refractivity contribution in [3.63, 3.8) is 0 Å². The van der Waals surface area contributed by atoms with E-state index in [1.807, 2.05) is 6.92 Å². The third-order valence-corrected chi connectivity index (χ3v) is 3.55. The van der Waals surface area contributed by atoms with E-state index in [1.54, 1.807) is 12.1 Å². The number of aromatic hydroxyl groups is 3. The van der Waals surface area contributed by atoms with Crippen molar-refractivity contribution in [1.29, 1.82) is 0 Å². The van der Waals surface area contributed by atoms with Crippen LogP contribution in [0.3, 0.4) is 0 Å². The highest BCUT2D eigenvalue weighted by Crippen LogP contribution is 2.40. The number of hydrogen-bond donors (Lipinski definition) is 3. The van der Waals surface area contributed by atoms with Gasteiger partial charge in [0.25, 0.3) is 0 Å². The van der Waals surface area contributed by atoms with Crippen molar-refractivity contribution in [1.82, 2.24) is 4.57 Å². The first kappa shape index (κ1) is 11.7. The summed E-state index contributed by atoms with van der Waals surface area (Å²) in [6.07, 6.45) is 3.34. The number of allylic oxidation sites excluding steroid dienone is 2. The molecule has 0 amide bonds. The summed E-state index contributed by atoms with van der Waals surface area (Å²) in [6, 6.07) is 6.36. The lowest BCUT2D eigenvalue weighted by atomic mass is 9.96. The number of benzene rings is 1. The summed E-state index contributed by atoms with van der Waals surface area (Å²) in [5.41, 5.74) is 3.37. The van der Waals surface area contributed by atoms with Crippen LogP contribution < -0.4 is 0 Å². The third-order valence-electron chi connectivity index (χ3n) is 3.55. The highest BCUT2D eigenvalue weighted by molar-refractivity contribution is 5.56. The lowest BCUT2D eigenvalue weighted by Crippen LogP contribution is -1.97. The first-order chi connectivity index (χ1) is 9.08. The van der Waals surface area contributed by atoms with E-state index >= 15 is 0 Å². The molecule has 4 heteroatoms. The molecule has 1 aromatic carbocycles. The van der Waals surface area contributed by atoms with Crippen molar-refractivity contribution < 1.29 is 15.3 Å². The summed E-state index contributed by atoms with van der Waals surface area (Å²) in [5, 5.41) is 29.9. The minimum atomic E-state index is 0.0712. The van der Waals surface area contributed by atoms with Crippen molar-refractivity contribution in [2.75, 3.05) is 0 Å². The number of rotatable bonds is 1. The molecule has 0 unspecified atom stereocenters.